The summed E-state index contributed by atoms with van der Waals surface area (Å²) in [6.45, 7) is 7.20. The van der Waals surface area contributed by atoms with E-state index in [9.17, 15) is 18.7 Å². The molecular formula is C28H31F2NO4. The molecule has 0 unspecified atom stereocenters. The first-order valence-corrected chi connectivity index (χ1v) is 12.3. The molecule has 2 aliphatic rings. The zero-order valence-corrected chi connectivity index (χ0v) is 20.4. The predicted octanol–water partition coefficient (Wildman–Crippen LogP) is 5.88. The van der Waals surface area contributed by atoms with Gasteiger partial charge in [0.15, 0.2) is 11.5 Å². The fourth-order valence-corrected chi connectivity index (χ4v) is 5.54. The van der Waals surface area contributed by atoms with Crippen molar-refractivity contribution in [3.05, 3.63) is 59.3 Å². The number of rotatable bonds is 9. The molecule has 0 radical (unpaired) electrons. The van der Waals surface area contributed by atoms with E-state index in [-0.39, 0.29) is 35.7 Å². The van der Waals surface area contributed by atoms with Crippen molar-refractivity contribution in [2.24, 2.45) is 0 Å². The monoisotopic (exact) mass is 483 g/mol. The van der Waals surface area contributed by atoms with Crippen LogP contribution in [0.25, 0.3) is 10.9 Å². The summed E-state index contributed by atoms with van der Waals surface area (Å²) in [4.78, 5) is 13.4. The van der Waals surface area contributed by atoms with Gasteiger partial charge < -0.3 is 19.1 Å². The van der Waals surface area contributed by atoms with Crippen LogP contribution in [0.3, 0.4) is 0 Å². The van der Waals surface area contributed by atoms with E-state index in [1.165, 1.54) is 17.8 Å². The number of Topliss-reactive ketones (excluding diaryl/α,β-unsaturated/α-hetero) is 1. The fraction of sp³-hybridized carbons (Fsp3) is 0.464. The molecule has 2 aromatic carbocycles. The van der Waals surface area contributed by atoms with Crippen LogP contribution in [-0.4, -0.2) is 28.4 Å². The van der Waals surface area contributed by atoms with Crippen LogP contribution < -0.4 is 9.47 Å². The summed E-state index contributed by atoms with van der Waals surface area (Å²) in [6, 6.07) is 12.9. The predicted molar refractivity (Wildman–Crippen MR) is 129 cm³/mol. The van der Waals surface area contributed by atoms with Gasteiger partial charge in [0.05, 0.1) is 12.0 Å². The quantitative estimate of drug-likeness (QED) is 0.413. The summed E-state index contributed by atoms with van der Waals surface area (Å²) < 4.78 is 38.1. The molecule has 1 aromatic heterocycles. The maximum atomic E-state index is 13.4. The van der Waals surface area contributed by atoms with E-state index in [1.807, 2.05) is 12.1 Å². The maximum Gasteiger partial charge on any atom is 0.586 e. The number of fused-ring (bicyclic) bond motifs is 2. The van der Waals surface area contributed by atoms with Crippen molar-refractivity contribution in [3.63, 3.8) is 0 Å². The molecule has 1 aliphatic carbocycles. The molecular weight excluding hydrogens is 452 g/mol. The van der Waals surface area contributed by atoms with Gasteiger partial charge in [-0.2, -0.15) is 0 Å². The molecule has 1 fully saturated rings. The van der Waals surface area contributed by atoms with E-state index in [2.05, 4.69) is 46.9 Å². The molecule has 35 heavy (non-hydrogen) atoms. The van der Waals surface area contributed by atoms with Crippen molar-refractivity contribution in [3.8, 4) is 11.5 Å². The van der Waals surface area contributed by atoms with E-state index in [0.717, 1.165) is 29.3 Å². The molecule has 1 saturated carbocycles. The van der Waals surface area contributed by atoms with Gasteiger partial charge in [0.2, 0.25) is 0 Å². The molecule has 186 valence electrons. The van der Waals surface area contributed by atoms with Crippen molar-refractivity contribution >= 4 is 16.7 Å². The summed E-state index contributed by atoms with van der Waals surface area (Å²) in [5.74, 6) is 0.0332. The lowest BCUT2D eigenvalue weighted by atomic mass is 9.84. The van der Waals surface area contributed by atoms with Crippen molar-refractivity contribution in [2.75, 3.05) is 6.61 Å². The number of halogens is 2. The van der Waals surface area contributed by atoms with Crippen molar-refractivity contribution in [1.82, 2.24) is 4.57 Å². The highest BCUT2D eigenvalue weighted by Gasteiger charge is 2.52. The zero-order chi connectivity index (χ0) is 25.0. The van der Waals surface area contributed by atoms with Gasteiger partial charge in [-0.3, -0.25) is 4.79 Å². The van der Waals surface area contributed by atoms with E-state index in [1.54, 1.807) is 6.07 Å². The minimum Gasteiger partial charge on any atom is -0.395 e. The smallest absolute Gasteiger partial charge is 0.395 e. The number of ether oxygens (including phenoxy) is 2. The largest absolute Gasteiger partial charge is 0.586 e. The fourth-order valence-electron chi connectivity index (χ4n) is 5.54. The Morgan fingerprint density at radius 2 is 1.83 bits per heavy atom. The molecule has 7 heteroatoms. The third kappa shape index (κ3) is 4.20. The minimum absolute atomic E-state index is 0.0124. The molecule has 5 nitrogen and oxygen atoms in total. The Hall–Kier alpha value is -2.93. The first kappa shape index (κ1) is 23.8. The molecule has 1 N–H and O–H groups in total. The summed E-state index contributed by atoms with van der Waals surface area (Å²) in [5.41, 5.74) is 3.15. The number of benzene rings is 2. The zero-order valence-electron chi connectivity index (χ0n) is 20.4. The van der Waals surface area contributed by atoms with E-state index in [0.29, 0.717) is 24.9 Å². The maximum absolute atomic E-state index is 13.4. The average molecular weight is 484 g/mol. The van der Waals surface area contributed by atoms with Crippen LogP contribution in [0.15, 0.2) is 42.5 Å². The standard InChI is InChI=1S/C28H31F2NO4/c1-4-9-26(2,3)24-16-19-14-18(5-7-21(19)31(24)12-13-32)15-25(33)27(10-11-27)20-6-8-22-23(17-20)35-28(29,30)34-22/h5-8,14,16-17,32H,4,9-13,15H2,1-3H3. The Morgan fingerprint density at radius 3 is 2.51 bits per heavy atom. The highest BCUT2D eigenvalue weighted by molar-refractivity contribution is 5.95. The third-order valence-electron chi connectivity index (χ3n) is 7.46. The number of ketones is 1. The Morgan fingerprint density at radius 1 is 1.09 bits per heavy atom. The number of carbonyl (C=O) groups excluding carboxylic acids is 1. The Bertz CT molecular complexity index is 1290. The number of carbonyl (C=O) groups is 1. The van der Waals surface area contributed by atoms with Crippen LogP contribution in [-0.2, 0) is 28.6 Å². The summed E-state index contributed by atoms with van der Waals surface area (Å²) >= 11 is 0. The summed E-state index contributed by atoms with van der Waals surface area (Å²) in [5, 5.41) is 10.7. The Balaban J connectivity index is 1.41. The lowest BCUT2D eigenvalue weighted by Crippen LogP contribution is -2.26. The lowest BCUT2D eigenvalue weighted by Gasteiger charge is -2.26. The SMILES string of the molecule is CCCC(C)(C)c1cc2cc(CC(=O)C3(c4ccc5c(c4)OC(F)(F)O5)CC3)ccc2n1CCO. The summed E-state index contributed by atoms with van der Waals surface area (Å²) in [7, 11) is 0. The number of aromatic nitrogens is 1. The van der Waals surface area contributed by atoms with Gasteiger partial charge in [0.25, 0.3) is 0 Å². The average Bonchev–Trinajstić information content (AvgIpc) is 3.43. The number of aliphatic hydroxyl groups excluding tert-OH is 1. The van der Waals surface area contributed by atoms with Crippen LogP contribution in [0.2, 0.25) is 0 Å². The second-order valence-corrected chi connectivity index (χ2v) is 10.4. The number of nitrogens with zero attached hydrogens (tertiary/aromatic N) is 1. The number of aliphatic hydroxyl groups is 1. The molecule has 2 heterocycles. The first-order valence-electron chi connectivity index (χ1n) is 12.3. The van der Waals surface area contributed by atoms with Crippen molar-refractivity contribution < 1.29 is 28.2 Å². The molecule has 3 aromatic rings. The van der Waals surface area contributed by atoms with Crippen LogP contribution in [0.1, 0.15) is 63.3 Å². The molecule has 0 spiro atoms. The molecule has 5 rings (SSSR count). The molecule has 0 bridgehead atoms. The number of alkyl halides is 2. The van der Waals surface area contributed by atoms with Gasteiger partial charge in [0.1, 0.15) is 5.78 Å². The Labute approximate surface area is 203 Å². The van der Waals surface area contributed by atoms with Gasteiger partial charge >= 0.3 is 6.29 Å². The van der Waals surface area contributed by atoms with Crippen molar-refractivity contribution in [2.45, 2.75) is 76.5 Å². The highest BCUT2D eigenvalue weighted by Crippen LogP contribution is 2.52. The second kappa shape index (κ2) is 8.33. The first-order chi connectivity index (χ1) is 16.6. The molecule has 0 amide bonds. The van der Waals surface area contributed by atoms with Gasteiger partial charge in [0, 0.05) is 35.0 Å². The normalized spacial score (nSPS) is 17.7. The van der Waals surface area contributed by atoms with E-state index in [4.69, 9.17) is 0 Å². The molecule has 1 aliphatic heterocycles. The minimum atomic E-state index is -3.67. The van der Waals surface area contributed by atoms with Crippen LogP contribution in [0.4, 0.5) is 8.78 Å². The van der Waals surface area contributed by atoms with E-state index < -0.39 is 11.7 Å². The van der Waals surface area contributed by atoms with Crippen LogP contribution in [0, 0.1) is 0 Å². The van der Waals surface area contributed by atoms with Gasteiger partial charge in [-0.05, 0) is 60.7 Å². The number of hydrogen-bond acceptors (Lipinski definition) is 4. The van der Waals surface area contributed by atoms with E-state index >= 15 is 0 Å². The Kier molecular flexibility index (Phi) is 5.66. The topological polar surface area (TPSA) is 60.7 Å². The second-order valence-electron chi connectivity index (χ2n) is 10.4. The van der Waals surface area contributed by atoms with Gasteiger partial charge in [-0.15, -0.1) is 8.78 Å². The summed E-state index contributed by atoms with van der Waals surface area (Å²) in [6.07, 6.45) is 0.0588. The number of hydrogen-bond donors (Lipinski definition) is 1. The van der Waals surface area contributed by atoms with Crippen LogP contribution >= 0.6 is 0 Å². The lowest BCUT2D eigenvalue weighted by molar-refractivity contribution is -0.286. The molecule has 0 atom stereocenters. The third-order valence-corrected chi connectivity index (χ3v) is 7.46. The highest BCUT2D eigenvalue weighted by atomic mass is 19.3. The van der Waals surface area contributed by atoms with Crippen LogP contribution in [0.5, 0.6) is 11.5 Å². The van der Waals surface area contributed by atoms with Gasteiger partial charge in [-0.1, -0.05) is 39.3 Å². The molecule has 0 saturated heterocycles. The van der Waals surface area contributed by atoms with Gasteiger partial charge in [-0.25, -0.2) is 0 Å². The van der Waals surface area contributed by atoms with Crippen molar-refractivity contribution in [1.29, 1.82) is 0 Å².